The molecule has 2 heterocycles. The summed E-state index contributed by atoms with van der Waals surface area (Å²) in [6.45, 7) is 2.96. The summed E-state index contributed by atoms with van der Waals surface area (Å²) in [4.78, 5) is 16.9. The van der Waals surface area contributed by atoms with Crippen molar-refractivity contribution in [3.8, 4) is 11.5 Å². The summed E-state index contributed by atoms with van der Waals surface area (Å²) in [7, 11) is -0.508. The standard InChI is InChI=1S/C22H24N2O5S/c1-28-18-11-16(12-19(14-18)29-2)15-23-7-9-24(10-8-23)22(25)21-13-17-5-3-4-6-20(17)30(21,26)27/h3-6,11-14H,7-10,15H2,1-2H3. The number of piperazine rings is 1. The zero-order chi connectivity index (χ0) is 21.3. The number of carbonyl (C=O) groups is 1. The Morgan fingerprint density at radius 2 is 1.60 bits per heavy atom. The summed E-state index contributed by atoms with van der Waals surface area (Å²) in [6, 6.07) is 12.5. The quantitative estimate of drug-likeness (QED) is 0.727. The minimum Gasteiger partial charge on any atom is -0.497 e. The van der Waals surface area contributed by atoms with E-state index in [-0.39, 0.29) is 9.80 Å². The van der Waals surface area contributed by atoms with Crippen LogP contribution in [0.3, 0.4) is 0 Å². The fourth-order valence-corrected chi connectivity index (χ4v) is 5.41. The van der Waals surface area contributed by atoms with Crippen LogP contribution in [-0.4, -0.2) is 64.5 Å². The van der Waals surface area contributed by atoms with Crippen molar-refractivity contribution in [2.24, 2.45) is 0 Å². The van der Waals surface area contributed by atoms with Crippen molar-refractivity contribution in [1.82, 2.24) is 9.80 Å². The number of amides is 1. The largest absolute Gasteiger partial charge is 0.497 e. The molecule has 0 bridgehead atoms. The van der Waals surface area contributed by atoms with Crippen LogP contribution in [0.5, 0.6) is 11.5 Å². The average Bonchev–Trinajstić information content (AvgIpc) is 3.04. The van der Waals surface area contributed by atoms with Gasteiger partial charge in [0.05, 0.1) is 19.1 Å². The fourth-order valence-electron chi connectivity index (χ4n) is 3.84. The summed E-state index contributed by atoms with van der Waals surface area (Å²) in [5.74, 6) is 1.04. The van der Waals surface area contributed by atoms with Crippen LogP contribution in [0.25, 0.3) is 6.08 Å². The van der Waals surface area contributed by atoms with Crippen molar-refractivity contribution >= 4 is 21.8 Å². The Hall–Kier alpha value is -2.84. The number of sulfone groups is 1. The van der Waals surface area contributed by atoms with Crippen molar-refractivity contribution in [2.45, 2.75) is 11.4 Å². The lowest BCUT2D eigenvalue weighted by Gasteiger charge is -2.34. The van der Waals surface area contributed by atoms with E-state index >= 15 is 0 Å². The van der Waals surface area contributed by atoms with Gasteiger partial charge in [0.15, 0.2) is 0 Å². The molecule has 0 spiro atoms. The molecular weight excluding hydrogens is 404 g/mol. The predicted octanol–water partition coefficient (Wildman–Crippen LogP) is 2.18. The van der Waals surface area contributed by atoms with E-state index in [0.29, 0.717) is 38.3 Å². The number of methoxy groups -OCH3 is 2. The second-order valence-electron chi connectivity index (χ2n) is 7.34. The average molecular weight is 429 g/mol. The Morgan fingerprint density at radius 3 is 2.20 bits per heavy atom. The van der Waals surface area contributed by atoms with E-state index in [1.165, 1.54) is 6.08 Å². The van der Waals surface area contributed by atoms with Crippen LogP contribution < -0.4 is 9.47 Å². The Kier molecular flexibility index (Phi) is 5.53. The molecule has 0 radical (unpaired) electrons. The summed E-state index contributed by atoms with van der Waals surface area (Å²) in [6.07, 6.45) is 1.49. The highest BCUT2D eigenvalue weighted by molar-refractivity contribution is 7.96. The van der Waals surface area contributed by atoms with Crippen LogP contribution in [0.1, 0.15) is 11.1 Å². The number of hydrogen-bond acceptors (Lipinski definition) is 6. The molecule has 1 amide bonds. The van der Waals surface area contributed by atoms with E-state index in [4.69, 9.17) is 9.47 Å². The molecule has 0 unspecified atom stereocenters. The van der Waals surface area contributed by atoms with Gasteiger partial charge in [-0.1, -0.05) is 18.2 Å². The molecule has 1 fully saturated rings. The Bertz CT molecular complexity index is 1080. The van der Waals surface area contributed by atoms with Crippen molar-refractivity contribution < 1.29 is 22.7 Å². The van der Waals surface area contributed by atoms with Crippen LogP contribution >= 0.6 is 0 Å². The molecule has 7 nitrogen and oxygen atoms in total. The maximum atomic E-state index is 12.9. The third-order valence-corrected chi connectivity index (χ3v) is 7.29. The molecule has 4 rings (SSSR count). The summed E-state index contributed by atoms with van der Waals surface area (Å²) in [5, 5.41) is 0. The molecule has 2 aromatic rings. The monoisotopic (exact) mass is 428 g/mol. The molecule has 1 saturated heterocycles. The van der Waals surface area contributed by atoms with Crippen molar-refractivity contribution in [1.29, 1.82) is 0 Å². The lowest BCUT2D eigenvalue weighted by molar-refractivity contribution is -0.128. The molecule has 158 valence electrons. The van der Waals surface area contributed by atoms with Gasteiger partial charge >= 0.3 is 0 Å². The lowest BCUT2D eigenvalue weighted by Crippen LogP contribution is -2.49. The first-order valence-electron chi connectivity index (χ1n) is 9.72. The highest BCUT2D eigenvalue weighted by Crippen LogP contribution is 2.33. The number of rotatable bonds is 5. The van der Waals surface area contributed by atoms with Gasteiger partial charge in [-0.05, 0) is 35.4 Å². The molecule has 0 atom stereocenters. The zero-order valence-electron chi connectivity index (χ0n) is 17.0. The van der Waals surface area contributed by atoms with E-state index in [0.717, 1.165) is 17.1 Å². The molecule has 0 N–H and O–H groups in total. The second-order valence-corrected chi connectivity index (χ2v) is 9.23. The van der Waals surface area contributed by atoms with Crippen LogP contribution in [0, 0.1) is 0 Å². The van der Waals surface area contributed by atoms with E-state index < -0.39 is 15.7 Å². The highest BCUT2D eigenvalue weighted by atomic mass is 32.2. The molecular formula is C22H24N2O5S. The van der Waals surface area contributed by atoms with Crippen LogP contribution in [0.2, 0.25) is 0 Å². The van der Waals surface area contributed by atoms with Crippen molar-refractivity contribution in [2.75, 3.05) is 40.4 Å². The molecule has 0 aromatic heterocycles. The highest BCUT2D eigenvalue weighted by Gasteiger charge is 2.37. The summed E-state index contributed by atoms with van der Waals surface area (Å²) < 4.78 is 36.1. The Balaban J connectivity index is 1.41. The third kappa shape index (κ3) is 3.80. The lowest BCUT2D eigenvalue weighted by atomic mass is 10.1. The molecule has 2 aliphatic heterocycles. The van der Waals surface area contributed by atoms with Crippen molar-refractivity contribution in [3.05, 3.63) is 58.5 Å². The molecule has 0 aliphatic carbocycles. The van der Waals surface area contributed by atoms with Gasteiger partial charge in [0.1, 0.15) is 16.4 Å². The molecule has 30 heavy (non-hydrogen) atoms. The first-order valence-corrected chi connectivity index (χ1v) is 11.2. The molecule has 2 aromatic carbocycles. The first kappa shape index (κ1) is 20.4. The van der Waals surface area contributed by atoms with Gasteiger partial charge in [-0.2, -0.15) is 0 Å². The Morgan fingerprint density at radius 1 is 0.967 bits per heavy atom. The number of hydrogen-bond donors (Lipinski definition) is 0. The Labute approximate surface area is 176 Å². The van der Waals surface area contributed by atoms with E-state index in [1.807, 2.05) is 18.2 Å². The second kappa shape index (κ2) is 8.12. The predicted molar refractivity (Wildman–Crippen MR) is 113 cm³/mol. The van der Waals surface area contributed by atoms with Gasteiger partial charge < -0.3 is 14.4 Å². The number of carbonyl (C=O) groups excluding carboxylic acids is 1. The van der Waals surface area contributed by atoms with Crippen LogP contribution in [0.15, 0.2) is 52.3 Å². The minimum absolute atomic E-state index is 0.130. The summed E-state index contributed by atoms with van der Waals surface area (Å²) in [5.41, 5.74) is 1.63. The van der Waals surface area contributed by atoms with Gasteiger partial charge in [-0.15, -0.1) is 0 Å². The maximum absolute atomic E-state index is 12.9. The van der Waals surface area contributed by atoms with E-state index in [1.54, 1.807) is 43.4 Å². The van der Waals surface area contributed by atoms with Gasteiger partial charge in [-0.3, -0.25) is 9.69 Å². The van der Waals surface area contributed by atoms with E-state index in [2.05, 4.69) is 4.90 Å². The van der Waals surface area contributed by atoms with Gasteiger partial charge in [-0.25, -0.2) is 8.42 Å². The molecule has 0 saturated carbocycles. The SMILES string of the molecule is COc1cc(CN2CCN(C(=O)C3=Cc4ccccc4S3(=O)=O)CC2)cc(OC)c1. The molecule has 2 aliphatic rings. The topological polar surface area (TPSA) is 76.2 Å². The maximum Gasteiger partial charge on any atom is 0.265 e. The van der Waals surface area contributed by atoms with Crippen LogP contribution in [0.4, 0.5) is 0 Å². The van der Waals surface area contributed by atoms with Crippen LogP contribution in [-0.2, 0) is 21.2 Å². The first-order chi connectivity index (χ1) is 14.4. The van der Waals surface area contributed by atoms with Crippen molar-refractivity contribution in [3.63, 3.8) is 0 Å². The van der Waals surface area contributed by atoms with Gasteiger partial charge in [0.2, 0.25) is 9.84 Å². The molecule has 8 heteroatoms. The minimum atomic E-state index is -3.74. The number of ether oxygens (including phenoxy) is 2. The number of fused-ring (bicyclic) bond motifs is 1. The van der Waals surface area contributed by atoms with Gasteiger partial charge in [0, 0.05) is 38.8 Å². The normalized spacial score (nSPS) is 17.9. The third-order valence-electron chi connectivity index (χ3n) is 5.47. The summed E-state index contributed by atoms with van der Waals surface area (Å²) >= 11 is 0. The van der Waals surface area contributed by atoms with Gasteiger partial charge in [0.25, 0.3) is 5.91 Å². The smallest absolute Gasteiger partial charge is 0.265 e. The van der Waals surface area contributed by atoms with E-state index in [9.17, 15) is 13.2 Å². The number of benzene rings is 2. The number of nitrogens with zero attached hydrogens (tertiary/aromatic N) is 2. The zero-order valence-corrected chi connectivity index (χ0v) is 17.8. The fraction of sp³-hybridized carbons (Fsp3) is 0.318.